The quantitative estimate of drug-likeness (QED) is 0.492. The minimum atomic E-state index is 0.0704. The lowest BCUT2D eigenvalue weighted by atomic mass is 10.1. The molecule has 1 aliphatic heterocycles. The molecule has 0 unspecified atom stereocenters. The van der Waals surface area contributed by atoms with Crippen LogP contribution in [0.15, 0.2) is 54.9 Å². The van der Waals surface area contributed by atoms with Gasteiger partial charge in [0.1, 0.15) is 12.1 Å². The largest absolute Gasteiger partial charge is 0.497 e. The van der Waals surface area contributed by atoms with Crippen molar-refractivity contribution in [1.29, 1.82) is 0 Å². The Kier molecular flexibility index (Phi) is 5.14. The van der Waals surface area contributed by atoms with Crippen LogP contribution in [0, 0.1) is 6.92 Å². The third-order valence-corrected chi connectivity index (χ3v) is 5.78. The van der Waals surface area contributed by atoms with Gasteiger partial charge in [-0.25, -0.2) is 9.97 Å². The summed E-state index contributed by atoms with van der Waals surface area (Å²) in [6.07, 6.45) is 1.53. The second-order valence-electron chi connectivity index (χ2n) is 7.66. The summed E-state index contributed by atoms with van der Waals surface area (Å²) in [7, 11) is 1.63. The van der Waals surface area contributed by atoms with Gasteiger partial charge in [0.05, 0.1) is 12.8 Å². The van der Waals surface area contributed by atoms with Crippen molar-refractivity contribution in [2.24, 2.45) is 0 Å². The van der Waals surface area contributed by atoms with E-state index < -0.39 is 0 Å². The molecule has 0 spiro atoms. The monoisotopic (exact) mass is 429 g/mol. The molecular formula is C23H23N7O2. The van der Waals surface area contributed by atoms with E-state index in [4.69, 9.17) is 4.74 Å². The van der Waals surface area contributed by atoms with Crippen LogP contribution in [0.5, 0.6) is 5.75 Å². The first kappa shape index (κ1) is 19.9. The molecule has 0 atom stereocenters. The molecule has 0 aliphatic carbocycles. The highest BCUT2D eigenvalue weighted by molar-refractivity contribution is 5.95. The zero-order chi connectivity index (χ0) is 22.1. The fourth-order valence-electron chi connectivity index (χ4n) is 3.97. The molecule has 0 N–H and O–H groups in total. The number of carbonyl (C=O) groups excluding carboxylic acids is 1. The summed E-state index contributed by atoms with van der Waals surface area (Å²) in [4.78, 5) is 25.9. The third-order valence-electron chi connectivity index (χ3n) is 5.78. The van der Waals surface area contributed by atoms with Crippen LogP contribution in [0.3, 0.4) is 0 Å². The van der Waals surface area contributed by atoms with E-state index in [1.807, 2.05) is 60.4 Å². The smallest absolute Gasteiger partial charge is 0.254 e. The minimum absolute atomic E-state index is 0.0704. The molecule has 0 radical (unpaired) electrons. The van der Waals surface area contributed by atoms with Gasteiger partial charge in [0.2, 0.25) is 0 Å². The van der Waals surface area contributed by atoms with Gasteiger partial charge in [-0.05, 0) is 42.8 Å². The second-order valence-corrected chi connectivity index (χ2v) is 7.66. The van der Waals surface area contributed by atoms with Crippen LogP contribution in [0.1, 0.15) is 15.9 Å². The van der Waals surface area contributed by atoms with E-state index >= 15 is 0 Å². The van der Waals surface area contributed by atoms with E-state index in [1.54, 1.807) is 11.8 Å². The van der Waals surface area contributed by atoms with Crippen molar-refractivity contribution in [3.8, 4) is 11.4 Å². The number of carbonyl (C=O) groups is 1. The molecule has 1 saturated heterocycles. The average molecular weight is 429 g/mol. The summed E-state index contributed by atoms with van der Waals surface area (Å²) in [5.74, 6) is 1.57. The SMILES string of the molecule is COc1ccc(-n2nnc3c(N4CCN(C(=O)c5ccccc5C)CC4)ncnc32)cc1. The lowest BCUT2D eigenvalue weighted by Gasteiger charge is -2.35. The molecule has 5 rings (SSSR count). The van der Waals surface area contributed by atoms with Crippen molar-refractivity contribution in [1.82, 2.24) is 29.9 Å². The molecule has 162 valence electrons. The Morgan fingerprint density at radius 2 is 1.72 bits per heavy atom. The number of anilines is 1. The van der Waals surface area contributed by atoms with Crippen LogP contribution < -0.4 is 9.64 Å². The zero-order valence-electron chi connectivity index (χ0n) is 18.0. The summed E-state index contributed by atoms with van der Waals surface area (Å²) in [5, 5.41) is 8.66. The Labute approximate surface area is 185 Å². The lowest BCUT2D eigenvalue weighted by Crippen LogP contribution is -2.49. The molecule has 1 fully saturated rings. The highest BCUT2D eigenvalue weighted by Crippen LogP contribution is 2.25. The molecule has 9 heteroatoms. The first-order valence-corrected chi connectivity index (χ1v) is 10.5. The number of amides is 1. The fourth-order valence-corrected chi connectivity index (χ4v) is 3.97. The molecule has 0 saturated carbocycles. The van der Waals surface area contributed by atoms with Crippen molar-refractivity contribution < 1.29 is 9.53 Å². The molecular weight excluding hydrogens is 406 g/mol. The van der Waals surface area contributed by atoms with Crippen molar-refractivity contribution in [2.45, 2.75) is 6.92 Å². The molecule has 3 heterocycles. The summed E-state index contributed by atoms with van der Waals surface area (Å²) in [5.41, 5.74) is 3.87. The molecule has 32 heavy (non-hydrogen) atoms. The Hall–Kier alpha value is -4.01. The number of piperazine rings is 1. The predicted octanol–water partition coefficient (Wildman–Crippen LogP) is 2.49. The number of hydrogen-bond donors (Lipinski definition) is 0. The van der Waals surface area contributed by atoms with Gasteiger partial charge < -0.3 is 14.5 Å². The van der Waals surface area contributed by atoms with Crippen LogP contribution >= 0.6 is 0 Å². The van der Waals surface area contributed by atoms with Crippen molar-refractivity contribution in [2.75, 3.05) is 38.2 Å². The normalized spacial score (nSPS) is 14.1. The van der Waals surface area contributed by atoms with E-state index in [1.165, 1.54) is 6.33 Å². The highest BCUT2D eigenvalue weighted by Gasteiger charge is 2.26. The predicted molar refractivity (Wildman–Crippen MR) is 120 cm³/mol. The maximum Gasteiger partial charge on any atom is 0.254 e. The minimum Gasteiger partial charge on any atom is -0.497 e. The van der Waals surface area contributed by atoms with Crippen LogP contribution in [-0.2, 0) is 0 Å². The number of rotatable bonds is 4. The topological polar surface area (TPSA) is 89.3 Å². The number of benzene rings is 2. The van der Waals surface area contributed by atoms with Gasteiger partial charge >= 0.3 is 0 Å². The Morgan fingerprint density at radius 3 is 2.44 bits per heavy atom. The molecule has 2 aromatic carbocycles. The van der Waals surface area contributed by atoms with E-state index in [0.717, 1.165) is 28.4 Å². The number of aromatic nitrogens is 5. The van der Waals surface area contributed by atoms with Gasteiger partial charge in [-0.1, -0.05) is 23.4 Å². The van der Waals surface area contributed by atoms with Gasteiger partial charge in [-0.3, -0.25) is 4.79 Å². The standard InChI is InChI=1S/C23H23N7O2/c1-16-5-3-4-6-19(16)23(31)29-13-11-28(12-14-29)21-20-22(25-15-24-21)30(27-26-20)17-7-9-18(32-2)10-8-17/h3-10,15H,11-14H2,1-2H3. The van der Waals surface area contributed by atoms with Gasteiger partial charge in [0.15, 0.2) is 17.0 Å². The number of aryl methyl sites for hydroxylation is 1. The van der Waals surface area contributed by atoms with Crippen LogP contribution in [0.25, 0.3) is 16.9 Å². The maximum absolute atomic E-state index is 12.9. The van der Waals surface area contributed by atoms with Crippen LogP contribution in [-0.4, -0.2) is 69.1 Å². The first-order valence-electron chi connectivity index (χ1n) is 10.5. The molecule has 4 aromatic rings. The van der Waals surface area contributed by atoms with Gasteiger partial charge in [0.25, 0.3) is 5.91 Å². The van der Waals surface area contributed by atoms with Crippen molar-refractivity contribution >= 4 is 22.9 Å². The van der Waals surface area contributed by atoms with E-state index in [0.29, 0.717) is 37.3 Å². The molecule has 1 aliphatic rings. The van der Waals surface area contributed by atoms with E-state index in [9.17, 15) is 4.79 Å². The second kappa shape index (κ2) is 8.26. The van der Waals surface area contributed by atoms with Crippen molar-refractivity contribution in [3.63, 3.8) is 0 Å². The Bertz CT molecular complexity index is 1260. The molecule has 0 bridgehead atoms. The summed E-state index contributed by atoms with van der Waals surface area (Å²) in [6, 6.07) is 15.3. The van der Waals surface area contributed by atoms with E-state index in [-0.39, 0.29) is 5.91 Å². The lowest BCUT2D eigenvalue weighted by molar-refractivity contribution is 0.0746. The highest BCUT2D eigenvalue weighted by atomic mass is 16.5. The molecule has 2 aromatic heterocycles. The molecule has 9 nitrogen and oxygen atoms in total. The maximum atomic E-state index is 12.9. The first-order chi connectivity index (χ1) is 15.7. The number of ether oxygens (including phenoxy) is 1. The van der Waals surface area contributed by atoms with Crippen molar-refractivity contribution in [3.05, 3.63) is 66.0 Å². The van der Waals surface area contributed by atoms with Crippen LogP contribution in [0.2, 0.25) is 0 Å². The summed E-state index contributed by atoms with van der Waals surface area (Å²) < 4.78 is 6.92. The third kappa shape index (κ3) is 3.51. The van der Waals surface area contributed by atoms with Gasteiger partial charge in [-0.2, -0.15) is 4.68 Å². The average Bonchev–Trinajstić information content (AvgIpc) is 3.28. The fraction of sp³-hybridized carbons (Fsp3) is 0.261. The molecule has 1 amide bonds. The summed E-state index contributed by atoms with van der Waals surface area (Å²) >= 11 is 0. The number of hydrogen-bond acceptors (Lipinski definition) is 7. The number of fused-ring (bicyclic) bond motifs is 1. The zero-order valence-corrected chi connectivity index (χ0v) is 18.0. The van der Waals surface area contributed by atoms with Gasteiger partial charge in [-0.15, -0.1) is 5.10 Å². The number of methoxy groups -OCH3 is 1. The Balaban J connectivity index is 1.36. The summed E-state index contributed by atoms with van der Waals surface area (Å²) in [6.45, 7) is 4.53. The van der Waals surface area contributed by atoms with Gasteiger partial charge in [0, 0.05) is 31.7 Å². The number of nitrogens with zero attached hydrogens (tertiary/aromatic N) is 7. The van der Waals surface area contributed by atoms with Crippen LogP contribution in [0.4, 0.5) is 5.82 Å². The Morgan fingerprint density at radius 1 is 0.969 bits per heavy atom. The van der Waals surface area contributed by atoms with E-state index in [2.05, 4.69) is 25.2 Å².